The van der Waals surface area contributed by atoms with Crippen molar-refractivity contribution in [1.82, 2.24) is 4.98 Å². The van der Waals surface area contributed by atoms with E-state index in [0.29, 0.717) is 0 Å². The second-order valence-electron chi connectivity index (χ2n) is 2.45. The molecule has 0 saturated carbocycles. The molecule has 0 radical (unpaired) electrons. The molecule has 0 aliphatic heterocycles. The Morgan fingerprint density at radius 1 is 1.57 bits per heavy atom. The third-order valence-electron chi connectivity index (χ3n) is 1.44. The van der Waals surface area contributed by atoms with E-state index in [2.05, 4.69) is 4.98 Å². The number of carbonyl (C=O) groups excluding carboxylic acids is 1. The van der Waals surface area contributed by atoms with Crippen molar-refractivity contribution in [1.29, 1.82) is 0 Å². The second kappa shape index (κ2) is 4.04. The molecule has 0 amide bonds. The standard InChI is InChI=1S/C7H5F4NOS/c8-6(9)7(10,11)4(13)3-5-12-1-2-14-5/h1-2,6H,3H2. The van der Waals surface area contributed by atoms with Gasteiger partial charge in [0.15, 0.2) is 0 Å². The normalized spacial score (nSPS) is 12.1. The molecule has 0 spiro atoms. The van der Waals surface area contributed by atoms with Gasteiger partial charge in [0.2, 0.25) is 5.78 Å². The number of alkyl halides is 4. The molecule has 0 saturated heterocycles. The molecule has 0 unspecified atom stereocenters. The summed E-state index contributed by atoms with van der Waals surface area (Å²) in [6, 6.07) is 0. The zero-order valence-electron chi connectivity index (χ0n) is 6.71. The fourth-order valence-corrected chi connectivity index (χ4v) is 1.33. The average molecular weight is 227 g/mol. The molecule has 0 aliphatic rings. The molecule has 1 aromatic rings. The number of thiazole rings is 1. The first kappa shape index (κ1) is 11.1. The van der Waals surface area contributed by atoms with E-state index in [1.54, 1.807) is 0 Å². The molecule has 1 heterocycles. The summed E-state index contributed by atoms with van der Waals surface area (Å²) < 4.78 is 48.2. The molecular formula is C7H5F4NOS. The molecule has 0 bridgehead atoms. The highest BCUT2D eigenvalue weighted by molar-refractivity contribution is 7.09. The summed E-state index contributed by atoms with van der Waals surface area (Å²) in [5.41, 5.74) is 0. The van der Waals surface area contributed by atoms with E-state index in [0.717, 1.165) is 11.3 Å². The Hall–Kier alpha value is -0.980. The van der Waals surface area contributed by atoms with Crippen LogP contribution in [-0.4, -0.2) is 23.1 Å². The lowest BCUT2D eigenvalue weighted by Crippen LogP contribution is -2.37. The Labute approximate surface area is 80.6 Å². The molecule has 0 fully saturated rings. The van der Waals surface area contributed by atoms with E-state index in [9.17, 15) is 22.4 Å². The fraction of sp³-hybridized carbons (Fsp3) is 0.429. The number of nitrogens with zero attached hydrogens (tertiary/aromatic N) is 1. The molecule has 14 heavy (non-hydrogen) atoms. The minimum atomic E-state index is -4.58. The molecule has 1 rings (SSSR count). The summed E-state index contributed by atoms with van der Waals surface area (Å²) in [5.74, 6) is -6.38. The Bertz CT molecular complexity index is 311. The van der Waals surface area contributed by atoms with Crippen molar-refractivity contribution < 1.29 is 22.4 Å². The zero-order chi connectivity index (χ0) is 10.8. The summed E-state index contributed by atoms with van der Waals surface area (Å²) in [6.07, 6.45) is -3.40. The molecule has 2 nitrogen and oxygen atoms in total. The Balaban J connectivity index is 2.67. The quantitative estimate of drug-likeness (QED) is 0.738. The molecular weight excluding hydrogens is 222 g/mol. The third-order valence-corrected chi connectivity index (χ3v) is 2.22. The van der Waals surface area contributed by atoms with Crippen molar-refractivity contribution in [2.24, 2.45) is 0 Å². The maximum atomic E-state index is 12.4. The van der Waals surface area contributed by atoms with Crippen molar-refractivity contribution in [3.05, 3.63) is 16.6 Å². The van der Waals surface area contributed by atoms with E-state index in [1.807, 2.05) is 0 Å². The van der Waals surface area contributed by atoms with E-state index < -0.39 is 24.6 Å². The molecule has 0 aliphatic carbocycles. The highest BCUT2D eigenvalue weighted by atomic mass is 32.1. The van der Waals surface area contributed by atoms with Crippen molar-refractivity contribution >= 4 is 17.1 Å². The first-order chi connectivity index (χ1) is 6.44. The fourth-order valence-electron chi connectivity index (χ4n) is 0.717. The Morgan fingerprint density at radius 3 is 2.64 bits per heavy atom. The van der Waals surface area contributed by atoms with Gasteiger partial charge in [0, 0.05) is 11.6 Å². The van der Waals surface area contributed by atoms with Crippen molar-refractivity contribution in [3.63, 3.8) is 0 Å². The van der Waals surface area contributed by atoms with Crippen LogP contribution in [0.15, 0.2) is 11.6 Å². The van der Waals surface area contributed by atoms with Gasteiger partial charge in [-0.15, -0.1) is 11.3 Å². The number of aromatic nitrogens is 1. The highest BCUT2D eigenvalue weighted by Gasteiger charge is 2.48. The number of carbonyl (C=O) groups is 1. The lowest BCUT2D eigenvalue weighted by Gasteiger charge is -2.12. The first-order valence-electron chi connectivity index (χ1n) is 3.52. The van der Waals surface area contributed by atoms with Crippen LogP contribution in [0.3, 0.4) is 0 Å². The van der Waals surface area contributed by atoms with Crippen LogP contribution in [0.1, 0.15) is 5.01 Å². The highest BCUT2D eigenvalue weighted by Crippen LogP contribution is 2.25. The van der Waals surface area contributed by atoms with Gasteiger partial charge < -0.3 is 0 Å². The summed E-state index contributed by atoms with van der Waals surface area (Å²) in [5, 5.41) is 1.58. The molecule has 7 heteroatoms. The van der Waals surface area contributed by atoms with Gasteiger partial charge in [-0.2, -0.15) is 8.78 Å². The van der Waals surface area contributed by atoms with Crippen LogP contribution in [0, 0.1) is 0 Å². The topological polar surface area (TPSA) is 30.0 Å². The predicted molar refractivity (Wildman–Crippen MR) is 41.8 cm³/mol. The smallest absolute Gasteiger partial charge is 0.292 e. The van der Waals surface area contributed by atoms with Crippen LogP contribution in [0.25, 0.3) is 0 Å². The molecule has 0 atom stereocenters. The number of hydrogen-bond donors (Lipinski definition) is 0. The van der Waals surface area contributed by atoms with Gasteiger partial charge in [-0.3, -0.25) is 4.79 Å². The molecule has 1 aromatic heterocycles. The van der Waals surface area contributed by atoms with Gasteiger partial charge >= 0.3 is 12.3 Å². The number of ketones is 1. The summed E-state index contributed by atoms with van der Waals surface area (Å²) in [6.45, 7) is 0. The van der Waals surface area contributed by atoms with Crippen LogP contribution >= 0.6 is 11.3 Å². The monoisotopic (exact) mass is 227 g/mol. The van der Waals surface area contributed by atoms with Gasteiger partial charge in [0.1, 0.15) is 5.01 Å². The largest absolute Gasteiger partial charge is 0.364 e. The third kappa shape index (κ3) is 2.28. The maximum Gasteiger partial charge on any atom is 0.364 e. The molecule has 0 N–H and O–H groups in total. The van der Waals surface area contributed by atoms with Gasteiger partial charge in [-0.05, 0) is 0 Å². The minimum Gasteiger partial charge on any atom is -0.292 e. The summed E-state index contributed by atoms with van der Waals surface area (Å²) >= 11 is 0.969. The van der Waals surface area contributed by atoms with E-state index in [1.165, 1.54) is 11.6 Å². The average Bonchev–Trinajstić information content (AvgIpc) is 2.56. The van der Waals surface area contributed by atoms with Crippen LogP contribution < -0.4 is 0 Å². The van der Waals surface area contributed by atoms with E-state index in [-0.39, 0.29) is 5.01 Å². The van der Waals surface area contributed by atoms with Crippen LogP contribution in [-0.2, 0) is 11.2 Å². The number of rotatable bonds is 4. The number of Topliss-reactive ketones (excluding diaryl/α,β-unsaturated/α-hetero) is 1. The summed E-state index contributed by atoms with van der Waals surface area (Å²) in [4.78, 5) is 14.3. The van der Waals surface area contributed by atoms with Crippen molar-refractivity contribution in [2.45, 2.75) is 18.8 Å². The Morgan fingerprint density at radius 2 is 2.21 bits per heavy atom. The van der Waals surface area contributed by atoms with E-state index >= 15 is 0 Å². The molecule has 0 aromatic carbocycles. The van der Waals surface area contributed by atoms with Crippen LogP contribution in [0.2, 0.25) is 0 Å². The predicted octanol–water partition coefficient (Wildman–Crippen LogP) is 2.16. The lowest BCUT2D eigenvalue weighted by molar-refractivity contribution is -0.166. The second-order valence-corrected chi connectivity index (χ2v) is 3.43. The van der Waals surface area contributed by atoms with Crippen molar-refractivity contribution in [2.75, 3.05) is 0 Å². The SMILES string of the molecule is O=C(Cc1nccs1)C(F)(F)C(F)F. The van der Waals surface area contributed by atoms with Crippen LogP contribution in [0.5, 0.6) is 0 Å². The lowest BCUT2D eigenvalue weighted by atomic mass is 10.2. The van der Waals surface area contributed by atoms with Crippen LogP contribution in [0.4, 0.5) is 17.6 Å². The first-order valence-corrected chi connectivity index (χ1v) is 4.40. The van der Waals surface area contributed by atoms with Gasteiger partial charge in [-0.1, -0.05) is 0 Å². The Kier molecular flexibility index (Phi) is 3.20. The van der Waals surface area contributed by atoms with Gasteiger partial charge in [0.25, 0.3) is 0 Å². The zero-order valence-corrected chi connectivity index (χ0v) is 7.53. The molecule has 78 valence electrons. The van der Waals surface area contributed by atoms with Gasteiger partial charge in [-0.25, -0.2) is 13.8 Å². The van der Waals surface area contributed by atoms with Gasteiger partial charge in [0.05, 0.1) is 6.42 Å². The summed E-state index contributed by atoms with van der Waals surface area (Å²) in [7, 11) is 0. The number of halogens is 4. The number of hydrogen-bond acceptors (Lipinski definition) is 3. The van der Waals surface area contributed by atoms with Crippen molar-refractivity contribution in [3.8, 4) is 0 Å². The maximum absolute atomic E-state index is 12.4. The van der Waals surface area contributed by atoms with E-state index in [4.69, 9.17) is 0 Å². The minimum absolute atomic E-state index is 0.107.